The molecule has 0 unspecified atom stereocenters. The number of anilines is 2. The number of unbranched alkanes of at least 4 members (excludes halogenated alkanes) is 1. The van der Waals surface area contributed by atoms with Crippen LogP contribution in [0.15, 0.2) is 72.8 Å². The molecule has 8 nitrogen and oxygen atoms in total. The molecule has 0 amide bonds. The van der Waals surface area contributed by atoms with Crippen LogP contribution in [0.25, 0.3) is 6.08 Å². The molecule has 0 saturated carbocycles. The van der Waals surface area contributed by atoms with Gasteiger partial charge in [0.15, 0.2) is 0 Å². The molecule has 0 aliphatic rings. The average molecular weight is 516 g/mol. The molecule has 0 spiro atoms. The molecule has 38 heavy (non-hydrogen) atoms. The molecule has 0 bridgehead atoms. The molecule has 0 aliphatic carbocycles. The van der Waals surface area contributed by atoms with Crippen molar-refractivity contribution >= 4 is 23.4 Å². The van der Waals surface area contributed by atoms with Crippen molar-refractivity contribution in [2.75, 3.05) is 37.9 Å². The molecule has 0 heterocycles. The van der Waals surface area contributed by atoms with E-state index in [0.717, 1.165) is 34.8 Å². The molecule has 4 N–H and O–H groups in total. The SMILES string of the molecule is N#CCCCOc1ccc(OCCCOc2ccc(/C=C/C(=O)OCCc3ccc(N)cc3N)cc2)cc1. The Morgan fingerprint density at radius 3 is 1.95 bits per heavy atom. The second kappa shape index (κ2) is 15.5. The largest absolute Gasteiger partial charge is 0.494 e. The van der Waals surface area contributed by atoms with Crippen molar-refractivity contribution in [3.63, 3.8) is 0 Å². The van der Waals surface area contributed by atoms with Crippen LogP contribution < -0.4 is 25.7 Å². The van der Waals surface area contributed by atoms with E-state index in [2.05, 4.69) is 6.07 Å². The Bertz CT molecular complexity index is 1220. The van der Waals surface area contributed by atoms with E-state index in [1.54, 1.807) is 18.2 Å². The summed E-state index contributed by atoms with van der Waals surface area (Å²) in [4.78, 5) is 12.0. The summed E-state index contributed by atoms with van der Waals surface area (Å²) in [6, 6.07) is 22.3. The Morgan fingerprint density at radius 2 is 1.37 bits per heavy atom. The summed E-state index contributed by atoms with van der Waals surface area (Å²) in [5.74, 6) is 1.84. The maximum Gasteiger partial charge on any atom is 0.330 e. The van der Waals surface area contributed by atoms with Crippen molar-refractivity contribution in [2.45, 2.75) is 25.7 Å². The van der Waals surface area contributed by atoms with Gasteiger partial charge in [0.25, 0.3) is 0 Å². The van der Waals surface area contributed by atoms with Gasteiger partial charge in [0, 0.05) is 36.7 Å². The molecular formula is C30H33N3O5. The highest BCUT2D eigenvalue weighted by Crippen LogP contribution is 2.19. The van der Waals surface area contributed by atoms with Gasteiger partial charge in [-0.2, -0.15) is 5.26 Å². The Kier molecular flexibility index (Phi) is 11.4. The van der Waals surface area contributed by atoms with Crippen LogP contribution in [0.2, 0.25) is 0 Å². The fourth-order valence-corrected chi connectivity index (χ4v) is 3.40. The first-order chi connectivity index (χ1) is 18.5. The molecule has 3 aromatic carbocycles. The van der Waals surface area contributed by atoms with Gasteiger partial charge in [0.05, 0.1) is 32.5 Å². The Morgan fingerprint density at radius 1 is 0.789 bits per heavy atom. The second-order valence-corrected chi connectivity index (χ2v) is 8.41. The van der Waals surface area contributed by atoms with Crippen LogP contribution in [-0.4, -0.2) is 32.4 Å². The van der Waals surface area contributed by atoms with Gasteiger partial charge in [-0.05, 0) is 72.2 Å². The van der Waals surface area contributed by atoms with Crippen LogP contribution in [0.4, 0.5) is 11.4 Å². The molecule has 3 rings (SSSR count). The number of benzene rings is 3. The lowest BCUT2D eigenvalue weighted by molar-refractivity contribution is -0.137. The van der Waals surface area contributed by atoms with Crippen molar-refractivity contribution in [1.29, 1.82) is 5.26 Å². The normalized spacial score (nSPS) is 10.6. The van der Waals surface area contributed by atoms with Crippen LogP contribution in [0.1, 0.15) is 30.4 Å². The predicted molar refractivity (Wildman–Crippen MR) is 148 cm³/mol. The van der Waals surface area contributed by atoms with E-state index >= 15 is 0 Å². The van der Waals surface area contributed by atoms with Crippen molar-refractivity contribution in [1.82, 2.24) is 0 Å². The number of nitrogens with zero attached hydrogens (tertiary/aromatic N) is 1. The molecule has 0 radical (unpaired) electrons. The lowest BCUT2D eigenvalue weighted by Gasteiger charge is -2.09. The highest BCUT2D eigenvalue weighted by atomic mass is 16.5. The van der Waals surface area contributed by atoms with Crippen LogP contribution in [0.3, 0.4) is 0 Å². The zero-order valence-corrected chi connectivity index (χ0v) is 21.3. The van der Waals surface area contributed by atoms with Crippen molar-refractivity contribution in [3.8, 4) is 23.3 Å². The van der Waals surface area contributed by atoms with Gasteiger partial charge in [-0.15, -0.1) is 0 Å². The van der Waals surface area contributed by atoms with Gasteiger partial charge in [0.2, 0.25) is 0 Å². The van der Waals surface area contributed by atoms with Gasteiger partial charge in [-0.1, -0.05) is 18.2 Å². The van der Waals surface area contributed by atoms with Crippen LogP contribution in [0, 0.1) is 11.3 Å². The average Bonchev–Trinajstić information content (AvgIpc) is 2.92. The highest BCUT2D eigenvalue weighted by molar-refractivity contribution is 5.87. The van der Waals surface area contributed by atoms with E-state index in [4.69, 9.17) is 35.7 Å². The number of esters is 1. The summed E-state index contributed by atoms with van der Waals surface area (Å²) in [7, 11) is 0. The summed E-state index contributed by atoms with van der Waals surface area (Å²) in [6.45, 7) is 1.80. The molecule has 0 aliphatic heterocycles. The standard InChI is InChI=1S/C30H33N3O5/c31-17-1-2-18-35-27-11-13-28(14-12-27)37-20-3-19-36-26-9-4-23(5-10-26)6-15-30(34)38-21-16-24-7-8-25(32)22-29(24)33/h4-15,22H,1-3,16,18-21,32-33H2/b15-6+. The van der Waals surface area contributed by atoms with Gasteiger partial charge in [-0.25, -0.2) is 4.79 Å². The maximum absolute atomic E-state index is 12.0. The quantitative estimate of drug-likeness (QED) is 0.123. The number of hydrogen-bond acceptors (Lipinski definition) is 8. The van der Waals surface area contributed by atoms with Crippen molar-refractivity contribution < 1.29 is 23.7 Å². The second-order valence-electron chi connectivity index (χ2n) is 8.41. The fourth-order valence-electron chi connectivity index (χ4n) is 3.40. The summed E-state index contributed by atoms with van der Waals surface area (Å²) in [6.07, 6.45) is 5.54. The van der Waals surface area contributed by atoms with E-state index in [-0.39, 0.29) is 6.61 Å². The van der Waals surface area contributed by atoms with Crippen LogP contribution in [0.5, 0.6) is 17.2 Å². The molecule has 0 aromatic heterocycles. The van der Waals surface area contributed by atoms with Crippen molar-refractivity contribution in [2.24, 2.45) is 0 Å². The number of ether oxygens (including phenoxy) is 4. The lowest BCUT2D eigenvalue weighted by Crippen LogP contribution is -2.06. The number of carbonyl (C=O) groups is 1. The summed E-state index contributed by atoms with van der Waals surface area (Å²) < 4.78 is 22.3. The Labute approximate surface area is 223 Å². The van der Waals surface area contributed by atoms with Gasteiger partial charge >= 0.3 is 5.97 Å². The minimum Gasteiger partial charge on any atom is -0.494 e. The summed E-state index contributed by atoms with van der Waals surface area (Å²) >= 11 is 0. The molecule has 0 saturated heterocycles. The summed E-state index contributed by atoms with van der Waals surface area (Å²) in [5, 5.41) is 8.54. The Balaban J connectivity index is 1.29. The zero-order valence-electron chi connectivity index (χ0n) is 21.3. The van der Waals surface area contributed by atoms with Gasteiger partial charge < -0.3 is 30.4 Å². The van der Waals surface area contributed by atoms with Crippen LogP contribution in [-0.2, 0) is 16.0 Å². The van der Waals surface area contributed by atoms with Gasteiger partial charge in [-0.3, -0.25) is 0 Å². The predicted octanol–water partition coefficient (Wildman–Crippen LogP) is 5.18. The van der Waals surface area contributed by atoms with Crippen molar-refractivity contribution in [3.05, 3.63) is 83.9 Å². The third-order valence-corrected chi connectivity index (χ3v) is 5.43. The molecule has 0 atom stereocenters. The third kappa shape index (κ3) is 10.2. The van der Waals surface area contributed by atoms with E-state index in [0.29, 0.717) is 50.5 Å². The zero-order chi connectivity index (χ0) is 27.0. The number of nitrogen functional groups attached to an aromatic ring is 2. The number of rotatable bonds is 15. The molecule has 0 fully saturated rings. The highest BCUT2D eigenvalue weighted by Gasteiger charge is 2.03. The minimum absolute atomic E-state index is 0.234. The topological polar surface area (TPSA) is 130 Å². The molecular weight excluding hydrogens is 482 g/mol. The number of nitriles is 1. The van der Waals surface area contributed by atoms with Crippen LogP contribution >= 0.6 is 0 Å². The smallest absolute Gasteiger partial charge is 0.330 e. The third-order valence-electron chi connectivity index (χ3n) is 5.43. The van der Waals surface area contributed by atoms with E-state index < -0.39 is 5.97 Å². The molecule has 3 aromatic rings. The Hall–Kier alpha value is -4.64. The number of nitrogens with two attached hydrogens (primary N) is 2. The number of hydrogen-bond donors (Lipinski definition) is 2. The maximum atomic E-state index is 12.0. The first kappa shape index (κ1) is 27.9. The molecule has 198 valence electrons. The van der Waals surface area contributed by atoms with E-state index in [9.17, 15) is 4.79 Å². The lowest BCUT2D eigenvalue weighted by atomic mass is 10.1. The monoisotopic (exact) mass is 515 g/mol. The van der Waals surface area contributed by atoms with Gasteiger partial charge in [0.1, 0.15) is 17.2 Å². The fraction of sp³-hybridized carbons (Fsp3) is 0.267. The minimum atomic E-state index is -0.419. The first-order valence-electron chi connectivity index (χ1n) is 12.5. The number of carbonyl (C=O) groups excluding carboxylic acids is 1. The van der Waals surface area contributed by atoms with E-state index in [1.807, 2.05) is 54.6 Å². The first-order valence-corrected chi connectivity index (χ1v) is 12.5. The van der Waals surface area contributed by atoms with E-state index in [1.165, 1.54) is 6.08 Å². The molecule has 8 heteroatoms. The summed E-state index contributed by atoms with van der Waals surface area (Å²) in [5.41, 5.74) is 14.5.